The van der Waals surface area contributed by atoms with Crippen molar-refractivity contribution in [1.29, 1.82) is 0 Å². The van der Waals surface area contributed by atoms with Crippen LogP contribution in [0.2, 0.25) is 0 Å². The Balaban J connectivity index is 0.00000312. The van der Waals surface area contributed by atoms with Crippen LogP contribution in [0.15, 0.2) is 53.8 Å². The minimum absolute atomic E-state index is 0. The van der Waals surface area contributed by atoms with E-state index in [1.165, 1.54) is 12.2 Å². The van der Waals surface area contributed by atoms with E-state index in [1.54, 1.807) is 24.3 Å². The Morgan fingerprint density at radius 3 is 1.85 bits per heavy atom. The minimum Gasteiger partial charge on any atom is -0.746 e. The number of anilines is 1. The Morgan fingerprint density at radius 1 is 0.885 bits per heavy atom. The van der Waals surface area contributed by atoms with E-state index in [0.717, 1.165) is 12.2 Å². The van der Waals surface area contributed by atoms with Gasteiger partial charge in [-0.1, -0.05) is 30.4 Å². The molecular weight excluding hydrogens is 402 g/mol. The van der Waals surface area contributed by atoms with Crippen LogP contribution < -0.4 is 70.6 Å². The molecule has 8 nitrogen and oxygen atoms in total. The third kappa shape index (κ3) is 5.22. The Kier molecular flexibility index (Phi) is 9.32. The number of hydrogen-bond donors (Lipinski definition) is 2. The molecular formula is C14H14N2Na2O6S2. The van der Waals surface area contributed by atoms with Crippen molar-refractivity contribution in [1.82, 2.24) is 0 Å². The maximum Gasteiger partial charge on any atom is 1.00 e. The molecule has 0 unspecified atom stereocenters. The summed E-state index contributed by atoms with van der Waals surface area (Å²) in [6.45, 7) is 0. The van der Waals surface area contributed by atoms with E-state index in [0.29, 0.717) is 11.3 Å². The monoisotopic (exact) mass is 416 g/mol. The van der Waals surface area contributed by atoms with Gasteiger partial charge >= 0.3 is 59.1 Å². The molecule has 0 bridgehead atoms. The SMILES string of the molecule is NC1=CC=C(C=Cc2ccc(N)cc2)C(S(=O)(=O)[O-])(S(=O)(=O)[O-])C1.[Na+].[Na+]. The number of benzene rings is 1. The average molecular weight is 416 g/mol. The van der Waals surface area contributed by atoms with Crippen molar-refractivity contribution in [2.24, 2.45) is 5.73 Å². The van der Waals surface area contributed by atoms with Gasteiger partial charge in [0.15, 0.2) is 4.08 Å². The second-order valence-corrected chi connectivity index (χ2v) is 8.67. The quantitative estimate of drug-likeness (QED) is 0.278. The molecule has 0 amide bonds. The van der Waals surface area contributed by atoms with Crippen molar-refractivity contribution in [3.05, 3.63) is 59.3 Å². The van der Waals surface area contributed by atoms with E-state index in [2.05, 4.69) is 0 Å². The van der Waals surface area contributed by atoms with E-state index in [9.17, 15) is 25.9 Å². The molecule has 0 saturated heterocycles. The van der Waals surface area contributed by atoms with Gasteiger partial charge in [-0.25, -0.2) is 16.8 Å². The molecule has 0 atom stereocenters. The van der Waals surface area contributed by atoms with Gasteiger partial charge in [0.05, 0.1) is 0 Å². The van der Waals surface area contributed by atoms with Crippen LogP contribution in [0.1, 0.15) is 12.0 Å². The molecule has 0 aliphatic heterocycles. The maximum atomic E-state index is 11.7. The summed E-state index contributed by atoms with van der Waals surface area (Å²) in [6.07, 6.45) is 3.84. The molecule has 1 aromatic rings. The largest absolute Gasteiger partial charge is 1.00 e. The summed E-state index contributed by atoms with van der Waals surface area (Å²) in [6, 6.07) is 6.35. The normalized spacial score (nSPS) is 16.8. The average Bonchev–Trinajstić information content (AvgIpc) is 2.45. The predicted octanol–water partition coefficient (Wildman–Crippen LogP) is -5.75. The first kappa shape index (κ1) is 25.9. The van der Waals surface area contributed by atoms with Crippen molar-refractivity contribution in [2.45, 2.75) is 10.5 Å². The van der Waals surface area contributed by atoms with Crippen LogP contribution in [0.4, 0.5) is 5.69 Å². The van der Waals surface area contributed by atoms with Crippen molar-refractivity contribution >= 4 is 32.0 Å². The van der Waals surface area contributed by atoms with Crippen LogP contribution in [0.5, 0.6) is 0 Å². The second kappa shape index (κ2) is 9.37. The number of nitrogens with two attached hydrogens (primary N) is 2. The molecule has 12 heteroatoms. The molecule has 0 spiro atoms. The van der Waals surface area contributed by atoms with E-state index < -0.39 is 36.3 Å². The van der Waals surface area contributed by atoms with Gasteiger partial charge in [-0.05, 0) is 29.3 Å². The standard InChI is InChI=1S/C14H16N2O6S2.2Na/c15-12-6-2-10(3-7-12)1-4-11-5-8-13(16)9-14(11,23(17,18)19)24(20,21)22;;/h1-8H,9,15-16H2,(H,17,18,19)(H,20,21,22);;/q;2*+1/p-2. The smallest absolute Gasteiger partial charge is 0.746 e. The van der Waals surface area contributed by atoms with E-state index in [-0.39, 0.29) is 64.8 Å². The second-order valence-electron chi connectivity index (χ2n) is 5.20. The first-order valence-electron chi connectivity index (χ1n) is 6.59. The molecule has 26 heavy (non-hydrogen) atoms. The van der Waals surface area contributed by atoms with E-state index >= 15 is 0 Å². The minimum atomic E-state index is -5.55. The molecule has 130 valence electrons. The van der Waals surface area contributed by atoms with Crippen LogP contribution in [0.25, 0.3) is 6.08 Å². The number of hydrogen-bond acceptors (Lipinski definition) is 8. The molecule has 1 aromatic carbocycles. The van der Waals surface area contributed by atoms with E-state index in [4.69, 9.17) is 11.5 Å². The third-order valence-corrected chi connectivity index (χ3v) is 7.15. The van der Waals surface area contributed by atoms with Crippen LogP contribution in [-0.2, 0) is 20.2 Å². The van der Waals surface area contributed by atoms with Crippen molar-refractivity contribution in [3.8, 4) is 0 Å². The Hall–Kier alpha value is -0.140. The molecule has 0 radical (unpaired) electrons. The van der Waals surface area contributed by atoms with Crippen LogP contribution in [0, 0.1) is 0 Å². The van der Waals surface area contributed by atoms with Gasteiger partial charge in [-0.2, -0.15) is 0 Å². The summed E-state index contributed by atoms with van der Waals surface area (Å²) in [5, 5.41) is 0. The van der Waals surface area contributed by atoms with Crippen molar-refractivity contribution in [3.63, 3.8) is 0 Å². The van der Waals surface area contributed by atoms with Crippen molar-refractivity contribution < 1.29 is 85.1 Å². The molecule has 0 aromatic heterocycles. The first-order chi connectivity index (χ1) is 11.0. The third-order valence-electron chi connectivity index (χ3n) is 3.55. The van der Waals surface area contributed by atoms with Gasteiger partial charge in [-0.3, -0.25) is 0 Å². The zero-order valence-corrected chi connectivity index (χ0v) is 19.9. The van der Waals surface area contributed by atoms with Gasteiger partial charge in [0, 0.05) is 17.8 Å². The predicted molar refractivity (Wildman–Crippen MR) is 87.0 cm³/mol. The summed E-state index contributed by atoms with van der Waals surface area (Å²) in [5.74, 6) is 0. The number of rotatable bonds is 4. The van der Waals surface area contributed by atoms with E-state index in [1.807, 2.05) is 0 Å². The zero-order valence-electron chi connectivity index (χ0n) is 14.2. The fraction of sp³-hybridized carbons (Fsp3) is 0.143. The fourth-order valence-corrected chi connectivity index (χ4v) is 4.86. The number of nitrogen functional groups attached to an aromatic ring is 1. The Morgan fingerprint density at radius 2 is 1.38 bits per heavy atom. The Labute approximate surface area is 196 Å². The zero-order chi connectivity index (χ0) is 18.2. The van der Waals surface area contributed by atoms with Gasteiger partial charge in [-0.15, -0.1) is 0 Å². The van der Waals surface area contributed by atoms with Crippen LogP contribution in [0.3, 0.4) is 0 Å². The fourth-order valence-electron chi connectivity index (χ4n) is 2.32. The topological polar surface area (TPSA) is 166 Å². The van der Waals surface area contributed by atoms with Crippen LogP contribution in [-0.4, -0.2) is 30.0 Å². The van der Waals surface area contributed by atoms with Gasteiger partial charge in [0.1, 0.15) is 20.2 Å². The summed E-state index contributed by atoms with van der Waals surface area (Å²) in [7, 11) is -11.1. The molecule has 0 heterocycles. The summed E-state index contributed by atoms with van der Waals surface area (Å²) < 4.78 is 66.8. The molecule has 4 N–H and O–H groups in total. The summed E-state index contributed by atoms with van der Waals surface area (Å²) in [4.78, 5) is 0. The molecule has 1 aliphatic rings. The van der Waals surface area contributed by atoms with Gasteiger partial charge in [0.25, 0.3) is 0 Å². The molecule has 0 fully saturated rings. The van der Waals surface area contributed by atoms with Gasteiger partial charge < -0.3 is 20.6 Å². The maximum absolute atomic E-state index is 11.7. The Bertz CT molecular complexity index is 920. The number of allylic oxidation sites excluding steroid dienone is 4. The molecule has 1 aliphatic carbocycles. The first-order valence-corrected chi connectivity index (χ1v) is 9.40. The van der Waals surface area contributed by atoms with Gasteiger partial charge in [0.2, 0.25) is 0 Å². The summed E-state index contributed by atoms with van der Waals surface area (Å²) >= 11 is 0. The molecule has 2 rings (SSSR count). The van der Waals surface area contributed by atoms with Crippen LogP contribution >= 0.6 is 0 Å². The summed E-state index contributed by atoms with van der Waals surface area (Å²) in [5.41, 5.74) is 11.4. The molecule has 0 saturated carbocycles. The van der Waals surface area contributed by atoms with Crippen molar-refractivity contribution in [2.75, 3.05) is 5.73 Å².